The Bertz CT molecular complexity index is 1070. The molecule has 3 aromatic rings. The highest BCUT2D eigenvalue weighted by molar-refractivity contribution is 6.31. The van der Waals surface area contributed by atoms with Crippen molar-refractivity contribution in [3.8, 4) is 0 Å². The van der Waals surface area contributed by atoms with Crippen LogP contribution in [0.2, 0.25) is 5.02 Å². The number of rotatable bonds is 5. The summed E-state index contributed by atoms with van der Waals surface area (Å²) in [5.74, 6) is -1.02. The SMILES string of the molecule is CCOC(=O)c1cnc2c(C(=O)OC)cccc2c1Nc1ccc(C)c(Cl)c1. The summed E-state index contributed by atoms with van der Waals surface area (Å²) in [5, 5.41) is 4.41. The van der Waals surface area contributed by atoms with Gasteiger partial charge in [0.1, 0.15) is 5.56 Å². The molecule has 6 nitrogen and oxygen atoms in total. The molecule has 7 heteroatoms. The number of ether oxygens (including phenoxy) is 2. The van der Waals surface area contributed by atoms with Crippen molar-refractivity contribution < 1.29 is 19.1 Å². The predicted molar refractivity (Wildman–Crippen MR) is 109 cm³/mol. The van der Waals surface area contributed by atoms with E-state index in [0.717, 1.165) is 5.56 Å². The van der Waals surface area contributed by atoms with Crippen molar-refractivity contribution >= 4 is 45.8 Å². The Balaban J connectivity index is 2.22. The highest BCUT2D eigenvalue weighted by Crippen LogP contribution is 2.32. The average molecular weight is 399 g/mol. The summed E-state index contributed by atoms with van der Waals surface area (Å²) in [7, 11) is 1.31. The maximum absolute atomic E-state index is 12.5. The fourth-order valence-corrected chi connectivity index (χ4v) is 2.99. The Hall–Kier alpha value is -3.12. The molecule has 3 rings (SSSR count). The van der Waals surface area contributed by atoms with Gasteiger partial charge >= 0.3 is 11.9 Å². The smallest absolute Gasteiger partial charge is 0.341 e. The molecule has 0 fully saturated rings. The molecular formula is C21H19ClN2O4. The molecule has 0 saturated heterocycles. The summed E-state index contributed by atoms with van der Waals surface area (Å²) in [4.78, 5) is 28.9. The van der Waals surface area contributed by atoms with Crippen LogP contribution in [-0.2, 0) is 9.47 Å². The van der Waals surface area contributed by atoms with Crippen LogP contribution >= 0.6 is 11.6 Å². The van der Waals surface area contributed by atoms with Gasteiger partial charge in [-0.15, -0.1) is 0 Å². The first-order valence-electron chi connectivity index (χ1n) is 8.66. The number of halogens is 1. The Morgan fingerprint density at radius 1 is 1.14 bits per heavy atom. The van der Waals surface area contributed by atoms with Crippen LogP contribution in [0.4, 0.5) is 11.4 Å². The number of hydrogen-bond acceptors (Lipinski definition) is 6. The van der Waals surface area contributed by atoms with Gasteiger partial charge in [0.15, 0.2) is 0 Å². The Morgan fingerprint density at radius 2 is 1.93 bits per heavy atom. The minimum absolute atomic E-state index is 0.231. The number of carbonyl (C=O) groups excluding carboxylic acids is 2. The lowest BCUT2D eigenvalue weighted by Crippen LogP contribution is -2.10. The normalized spacial score (nSPS) is 10.6. The van der Waals surface area contributed by atoms with Crippen molar-refractivity contribution in [3.05, 3.63) is 64.3 Å². The average Bonchev–Trinajstić information content (AvgIpc) is 2.70. The second-order valence-electron chi connectivity index (χ2n) is 6.05. The predicted octanol–water partition coefficient (Wildman–Crippen LogP) is 4.90. The standard InChI is InChI=1S/C21H19ClN2O4/c1-4-28-21(26)16-11-23-18-14(6-5-7-15(18)20(25)27-3)19(16)24-13-9-8-12(2)17(22)10-13/h5-11H,4H2,1-3H3,(H,23,24). The molecular weight excluding hydrogens is 380 g/mol. The lowest BCUT2D eigenvalue weighted by molar-refractivity contribution is 0.0526. The van der Waals surface area contributed by atoms with Crippen molar-refractivity contribution in [1.29, 1.82) is 0 Å². The molecule has 0 saturated carbocycles. The first-order valence-corrected chi connectivity index (χ1v) is 9.04. The number of nitrogens with zero attached hydrogens (tertiary/aromatic N) is 1. The van der Waals surface area contributed by atoms with Crippen LogP contribution in [0.3, 0.4) is 0 Å². The van der Waals surface area contributed by atoms with E-state index < -0.39 is 11.9 Å². The van der Waals surface area contributed by atoms with Gasteiger partial charge in [-0.1, -0.05) is 29.8 Å². The first kappa shape index (κ1) is 19.6. The van der Waals surface area contributed by atoms with E-state index in [-0.39, 0.29) is 12.2 Å². The maximum atomic E-state index is 12.5. The fourth-order valence-electron chi connectivity index (χ4n) is 2.81. The molecule has 0 bridgehead atoms. The number of anilines is 2. The largest absolute Gasteiger partial charge is 0.465 e. The molecule has 0 aliphatic carbocycles. The number of aryl methyl sites for hydroxylation is 1. The lowest BCUT2D eigenvalue weighted by atomic mass is 10.0. The number of nitrogens with one attached hydrogen (secondary N) is 1. The first-order chi connectivity index (χ1) is 13.5. The monoisotopic (exact) mass is 398 g/mol. The number of methoxy groups -OCH3 is 1. The van der Waals surface area contributed by atoms with E-state index in [2.05, 4.69) is 10.3 Å². The van der Waals surface area contributed by atoms with Gasteiger partial charge in [0.05, 0.1) is 30.5 Å². The van der Waals surface area contributed by atoms with Crippen LogP contribution in [-0.4, -0.2) is 30.6 Å². The number of benzene rings is 2. The van der Waals surface area contributed by atoms with Crippen LogP contribution in [0, 0.1) is 6.92 Å². The van der Waals surface area contributed by atoms with Crippen LogP contribution in [0.15, 0.2) is 42.6 Å². The zero-order chi connectivity index (χ0) is 20.3. The zero-order valence-corrected chi connectivity index (χ0v) is 16.5. The van der Waals surface area contributed by atoms with Gasteiger partial charge in [0.25, 0.3) is 0 Å². The van der Waals surface area contributed by atoms with Crippen LogP contribution in [0.5, 0.6) is 0 Å². The van der Waals surface area contributed by atoms with Crippen molar-refractivity contribution in [2.24, 2.45) is 0 Å². The molecule has 0 spiro atoms. The van der Waals surface area contributed by atoms with E-state index in [1.165, 1.54) is 13.3 Å². The van der Waals surface area contributed by atoms with Gasteiger partial charge in [-0.25, -0.2) is 9.59 Å². The molecule has 0 radical (unpaired) electrons. The number of carbonyl (C=O) groups is 2. The lowest BCUT2D eigenvalue weighted by Gasteiger charge is -2.15. The van der Waals surface area contributed by atoms with Gasteiger partial charge in [-0.05, 0) is 37.6 Å². The third-order valence-electron chi connectivity index (χ3n) is 4.24. The van der Waals surface area contributed by atoms with Gasteiger partial charge in [0, 0.05) is 22.3 Å². The topological polar surface area (TPSA) is 77.5 Å². The molecule has 0 atom stereocenters. The highest BCUT2D eigenvalue weighted by atomic mass is 35.5. The molecule has 1 aromatic heterocycles. The van der Waals surface area contributed by atoms with Gasteiger partial charge in [0.2, 0.25) is 0 Å². The van der Waals surface area contributed by atoms with Crippen molar-refractivity contribution in [3.63, 3.8) is 0 Å². The summed E-state index contributed by atoms with van der Waals surface area (Å²) in [6, 6.07) is 10.6. The summed E-state index contributed by atoms with van der Waals surface area (Å²) >= 11 is 6.23. The van der Waals surface area contributed by atoms with Crippen LogP contribution in [0.1, 0.15) is 33.2 Å². The van der Waals surface area contributed by atoms with Gasteiger partial charge < -0.3 is 14.8 Å². The molecule has 0 aliphatic rings. The number of fused-ring (bicyclic) bond motifs is 1. The van der Waals surface area contributed by atoms with Crippen molar-refractivity contribution in [2.45, 2.75) is 13.8 Å². The van der Waals surface area contributed by atoms with Crippen molar-refractivity contribution in [2.75, 3.05) is 19.0 Å². The Kier molecular flexibility index (Phi) is 5.80. The van der Waals surface area contributed by atoms with E-state index in [4.69, 9.17) is 21.1 Å². The highest BCUT2D eigenvalue weighted by Gasteiger charge is 2.20. The molecule has 1 N–H and O–H groups in total. The minimum Gasteiger partial charge on any atom is -0.465 e. The van der Waals surface area contributed by atoms with Crippen LogP contribution in [0.25, 0.3) is 10.9 Å². The minimum atomic E-state index is -0.513. The van der Waals surface area contributed by atoms with E-state index in [9.17, 15) is 9.59 Å². The third-order valence-corrected chi connectivity index (χ3v) is 4.65. The van der Waals surface area contributed by atoms with E-state index in [0.29, 0.717) is 32.9 Å². The fraction of sp³-hybridized carbons (Fsp3) is 0.190. The summed E-state index contributed by atoms with van der Waals surface area (Å²) in [5.41, 5.74) is 3.09. The Morgan fingerprint density at radius 3 is 2.61 bits per heavy atom. The second-order valence-corrected chi connectivity index (χ2v) is 6.46. The Labute approximate surface area is 167 Å². The summed E-state index contributed by atoms with van der Waals surface area (Å²) in [6.07, 6.45) is 1.39. The summed E-state index contributed by atoms with van der Waals surface area (Å²) in [6.45, 7) is 3.87. The zero-order valence-electron chi connectivity index (χ0n) is 15.7. The second kappa shape index (κ2) is 8.27. The van der Waals surface area contributed by atoms with Gasteiger partial charge in [-0.3, -0.25) is 4.98 Å². The summed E-state index contributed by atoms with van der Waals surface area (Å²) < 4.78 is 10.00. The van der Waals surface area contributed by atoms with Crippen LogP contribution < -0.4 is 5.32 Å². The molecule has 0 unspecified atom stereocenters. The quantitative estimate of drug-likeness (QED) is 0.615. The van der Waals surface area contributed by atoms with E-state index in [1.54, 1.807) is 31.2 Å². The number of hydrogen-bond donors (Lipinski definition) is 1. The van der Waals surface area contributed by atoms with E-state index >= 15 is 0 Å². The number of para-hydroxylation sites is 1. The maximum Gasteiger partial charge on any atom is 0.341 e. The van der Waals surface area contributed by atoms with Crippen molar-refractivity contribution in [1.82, 2.24) is 4.98 Å². The van der Waals surface area contributed by atoms with Gasteiger partial charge in [-0.2, -0.15) is 0 Å². The number of aromatic nitrogens is 1. The molecule has 0 aliphatic heterocycles. The molecule has 0 amide bonds. The van der Waals surface area contributed by atoms with E-state index in [1.807, 2.05) is 19.1 Å². The number of esters is 2. The number of pyridine rings is 1. The molecule has 2 aromatic carbocycles. The molecule has 28 heavy (non-hydrogen) atoms. The third kappa shape index (κ3) is 3.77. The molecule has 1 heterocycles. The molecule has 144 valence electrons.